The zero-order valence-corrected chi connectivity index (χ0v) is 16.3. The highest BCUT2D eigenvalue weighted by Gasteiger charge is 2.22. The molecule has 1 aliphatic heterocycles. The van der Waals surface area contributed by atoms with Gasteiger partial charge in [0.05, 0.1) is 19.3 Å². The first-order chi connectivity index (χ1) is 12.7. The second-order valence-corrected chi connectivity index (χ2v) is 6.39. The van der Waals surface area contributed by atoms with Crippen molar-refractivity contribution in [3.63, 3.8) is 0 Å². The molecule has 7 nitrogen and oxygen atoms in total. The van der Waals surface area contributed by atoms with Crippen LogP contribution in [-0.4, -0.2) is 52.5 Å². The Morgan fingerprint density at radius 1 is 1.37 bits per heavy atom. The second-order valence-electron chi connectivity index (χ2n) is 6.39. The number of amides is 1. The van der Waals surface area contributed by atoms with E-state index in [9.17, 15) is 4.79 Å². The molecule has 146 valence electrons. The minimum absolute atomic E-state index is 0. The average molecular weight is 392 g/mol. The molecule has 0 unspecified atom stereocenters. The molecule has 1 fully saturated rings. The lowest BCUT2D eigenvalue weighted by atomic mass is 10.1. The molecule has 1 saturated heterocycles. The fourth-order valence-corrected chi connectivity index (χ4v) is 3.11. The number of ether oxygens (including phenoxy) is 1. The average Bonchev–Trinajstić information content (AvgIpc) is 3.18. The lowest BCUT2D eigenvalue weighted by Crippen LogP contribution is -2.31. The van der Waals surface area contributed by atoms with Crippen LogP contribution in [0.4, 0.5) is 0 Å². The maximum absolute atomic E-state index is 12.9. The van der Waals surface area contributed by atoms with Gasteiger partial charge in [-0.15, -0.1) is 24.1 Å². The monoisotopic (exact) mass is 391 g/mol. The van der Waals surface area contributed by atoms with Crippen molar-refractivity contribution < 1.29 is 9.53 Å². The number of nitrogens with zero attached hydrogens (tertiary/aromatic N) is 4. The van der Waals surface area contributed by atoms with Crippen LogP contribution in [0.2, 0.25) is 0 Å². The summed E-state index contributed by atoms with van der Waals surface area (Å²) in [6, 6.07) is 7.99. The van der Waals surface area contributed by atoms with Crippen LogP contribution >= 0.6 is 12.4 Å². The number of carbonyl (C=O) groups is 1. The predicted octanol–water partition coefficient (Wildman–Crippen LogP) is 2.46. The highest BCUT2D eigenvalue weighted by Crippen LogP contribution is 2.18. The van der Waals surface area contributed by atoms with Gasteiger partial charge in [-0.2, -0.15) is 0 Å². The van der Waals surface area contributed by atoms with Crippen molar-refractivity contribution in [3.8, 4) is 5.75 Å². The van der Waals surface area contributed by atoms with Gasteiger partial charge in [0.2, 0.25) is 0 Å². The van der Waals surface area contributed by atoms with E-state index in [0.717, 1.165) is 37.2 Å². The van der Waals surface area contributed by atoms with Crippen molar-refractivity contribution in [3.05, 3.63) is 54.4 Å². The Morgan fingerprint density at radius 3 is 2.70 bits per heavy atom. The number of piperidine rings is 1. The third-order valence-electron chi connectivity index (χ3n) is 4.58. The molecular weight excluding hydrogens is 366 g/mol. The Labute approximate surface area is 165 Å². The summed E-state index contributed by atoms with van der Waals surface area (Å²) in [5.41, 5.74) is 1.39. The molecule has 0 saturated carbocycles. The Balaban J connectivity index is 0.00000261. The topological polar surface area (TPSA) is 72.3 Å². The Bertz CT molecular complexity index is 741. The van der Waals surface area contributed by atoms with Gasteiger partial charge in [-0.05, 0) is 43.6 Å². The number of hydrogen-bond acceptors (Lipinski definition) is 5. The smallest absolute Gasteiger partial charge is 0.276 e. The summed E-state index contributed by atoms with van der Waals surface area (Å²) < 4.78 is 7.00. The molecule has 3 rings (SSSR count). The molecule has 8 heteroatoms. The van der Waals surface area contributed by atoms with E-state index in [-0.39, 0.29) is 18.3 Å². The van der Waals surface area contributed by atoms with Crippen LogP contribution in [0, 0.1) is 0 Å². The van der Waals surface area contributed by atoms with Crippen molar-refractivity contribution in [2.75, 3.05) is 26.7 Å². The van der Waals surface area contributed by atoms with Crippen LogP contribution < -0.4 is 10.1 Å². The number of methoxy groups -OCH3 is 1. The maximum atomic E-state index is 12.9. The lowest BCUT2D eigenvalue weighted by Gasteiger charge is -2.22. The summed E-state index contributed by atoms with van der Waals surface area (Å²) >= 11 is 0. The van der Waals surface area contributed by atoms with Gasteiger partial charge < -0.3 is 15.0 Å². The molecule has 1 aromatic heterocycles. The minimum atomic E-state index is -0.138. The van der Waals surface area contributed by atoms with E-state index in [2.05, 4.69) is 22.2 Å². The summed E-state index contributed by atoms with van der Waals surface area (Å²) in [7, 11) is 1.63. The number of benzene rings is 1. The standard InChI is InChI=1S/C19H25N5O2.ClH/c1-3-12-23(13-15-4-6-17(26-2)7-5-15)19(25)18-14-24(22-21-18)16-8-10-20-11-9-16;/h3-7,14,16,20H,1,8-13H2,2H3;1H. The Hall–Kier alpha value is -2.38. The zero-order chi connectivity index (χ0) is 18.4. The van der Waals surface area contributed by atoms with Crippen LogP contribution in [0.25, 0.3) is 0 Å². The highest BCUT2D eigenvalue weighted by molar-refractivity contribution is 5.92. The van der Waals surface area contributed by atoms with Crippen LogP contribution in [0.15, 0.2) is 43.1 Å². The fraction of sp³-hybridized carbons (Fsp3) is 0.421. The van der Waals surface area contributed by atoms with Crippen molar-refractivity contribution >= 4 is 18.3 Å². The zero-order valence-electron chi connectivity index (χ0n) is 15.5. The molecule has 0 aliphatic carbocycles. The van der Waals surface area contributed by atoms with Crippen LogP contribution in [0.5, 0.6) is 5.75 Å². The van der Waals surface area contributed by atoms with E-state index < -0.39 is 0 Å². The van der Waals surface area contributed by atoms with Gasteiger partial charge >= 0.3 is 0 Å². The number of carbonyl (C=O) groups excluding carboxylic acids is 1. The third kappa shape index (κ3) is 5.30. The van der Waals surface area contributed by atoms with E-state index in [1.807, 2.05) is 28.9 Å². The van der Waals surface area contributed by atoms with Gasteiger partial charge in [-0.1, -0.05) is 23.4 Å². The normalized spacial score (nSPS) is 14.3. The third-order valence-corrected chi connectivity index (χ3v) is 4.58. The molecule has 27 heavy (non-hydrogen) atoms. The largest absolute Gasteiger partial charge is 0.497 e. The SMILES string of the molecule is C=CCN(Cc1ccc(OC)cc1)C(=O)c1cn(C2CCNCC2)nn1.Cl. The Kier molecular flexibility index (Phi) is 7.82. The van der Waals surface area contributed by atoms with Crippen LogP contribution in [0.1, 0.15) is 34.9 Å². The summed E-state index contributed by atoms with van der Waals surface area (Å²) in [6.45, 7) is 6.63. The van der Waals surface area contributed by atoms with Gasteiger partial charge in [0.1, 0.15) is 5.75 Å². The van der Waals surface area contributed by atoms with E-state index in [0.29, 0.717) is 24.8 Å². The lowest BCUT2D eigenvalue weighted by molar-refractivity contribution is 0.0756. The summed E-state index contributed by atoms with van der Waals surface area (Å²) in [5.74, 6) is 0.654. The molecule has 1 amide bonds. The summed E-state index contributed by atoms with van der Waals surface area (Å²) in [4.78, 5) is 14.6. The number of aromatic nitrogens is 3. The first-order valence-electron chi connectivity index (χ1n) is 8.87. The van der Waals surface area contributed by atoms with Gasteiger partial charge in [0.25, 0.3) is 5.91 Å². The summed E-state index contributed by atoms with van der Waals surface area (Å²) in [5, 5.41) is 11.6. The predicted molar refractivity (Wildman–Crippen MR) is 106 cm³/mol. The first-order valence-corrected chi connectivity index (χ1v) is 8.87. The van der Waals surface area contributed by atoms with E-state index in [1.165, 1.54) is 0 Å². The van der Waals surface area contributed by atoms with Crippen molar-refractivity contribution in [1.29, 1.82) is 0 Å². The molecule has 1 aliphatic rings. The van der Waals surface area contributed by atoms with Crippen LogP contribution in [0.3, 0.4) is 0 Å². The minimum Gasteiger partial charge on any atom is -0.497 e. The molecule has 0 radical (unpaired) electrons. The molecule has 0 atom stereocenters. The Morgan fingerprint density at radius 2 is 2.07 bits per heavy atom. The van der Waals surface area contributed by atoms with E-state index in [4.69, 9.17) is 4.74 Å². The number of nitrogens with one attached hydrogen (secondary N) is 1. The van der Waals surface area contributed by atoms with Crippen molar-refractivity contribution in [2.24, 2.45) is 0 Å². The molecule has 1 N–H and O–H groups in total. The van der Waals surface area contributed by atoms with Gasteiger partial charge in [-0.25, -0.2) is 4.68 Å². The van der Waals surface area contributed by atoms with E-state index >= 15 is 0 Å². The molecule has 2 aromatic rings. The van der Waals surface area contributed by atoms with E-state index in [1.54, 1.807) is 24.3 Å². The molecule has 0 bridgehead atoms. The number of rotatable bonds is 7. The van der Waals surface area contributed by atoms with Gasteiger partial charge in [0.15, 0.2) is 5.69 Å². The van der Waals surface area contributed by atoms with Gasteiger partial charge in [0, 0.05) is 13.1 Å². The maximum Gasteiger partial charge on any atom is 0.276 e. The first kappa shape index (κ1) is 20.9. The van der Waals surface area contributed by atoms with Crippen molar-refractivity contribution in [1.82, 2.24) is 25.2 Å². The fourth-order valence-electron chi connectivity index (χ4n) is 3.11. The number of halogens is 1. The van der Waals surface area contributed by atoms with Crippen molar-refractivity contribution in [2.45, 2.75) is 25.4 Å². The summed E-state index contributed by atoms with van der Waals surface area (Å²) in [6.07, 6.45) is 5.49. The van der Waals surface area contributed by atoms with Crippen LogP contribution in [-0.2, 0) is 6.54 Å². The molecular formula is C19H26ClN5O2. The number of hydrogen-bond donors (Lipinski definition) is 1. The second kappa shape index (κ2) is 10.1. The quantitative estimate of drug-likeness (QED) is 0.734. The molecule has 0 spiro atoms. The molecule has 1 aromatic carbocycles. The van der Waals surface area contributed by atoms with Gasteiger partial charge in [-0.3, -0.25) is 4.79 Å². The molecule has 2 heterocycles. The highest BCUT2D eigenvalue weighted by atomic mass is 35.5.